The fraction of sp³-hybridized carbons (Fsp3) is 0. The minimum Gasteiger partial charge on any atom is -0.333 e. The summed E-state index contributed by atoms with van der Waals surface area (Å²) in [6.07, 6.45) is 1.77. The fourth-order valence-corrected chi connectivity index (χ4v) is 2.25. The number of halogens is 2. The largest absolute Gasteiger partial charge is 0.333 e. The van der Waals surface area contributed by atoms with E-state index in [9.17, 15) is 0 Å². The van der Waals surface area contributed by atoms with Crippen LogP contribution in [0.4, 0.5) is 0 Å². The van der Waals surface area contributed by atoms with Gasteiger partial charge in [-0.1, -0.05) is 70.8 Å². The van der Waals surface area contributed by atoms with Crippen molar-refractivity contribution in [2.24, 2.45) is 0 Å². The number of benzene rings is 2. The molecule has 0 saturated carbocycles. The van der Waals surface area contributed by atoms with E-state index in [0.29, 0.717) is 21.4 Å². The molecule has 1 aromatic heterocycles. The van der Waals surface area contributed by atoms with E-state index in [-0.39, 0.29) is 5.89 Å². The molecular weight excluding hydrogens is 307 g/mol. The van der Waals surface area contributed by atoms with Gasteiger partial charge in [-0.05, 0) is 23.8 Å². The van der Waals surface area contributed by atoms with Crippen molar-refractivity contribution in [3.63, 3.8) is 0 Å². The SMILES string of the molecule is Cl/C(=C\c1ccccc1)c1nc(-c2ccccc2Cl)no1. The van der Waals surface area contributed by atoms with Gasteiger partial charge in [0.25, 0.3) is 5.89 Å². The van der Waals surface area contributed by atoms with Gasteiger partial charge in [0.15, 0.2) is 0 Å². The lowest BCUT2D eigenvalue weighted by atomic mass is 10.2. The highest BCUT2D eigenvalue weighted by Crippen LogP contribution is 2.27. The van der Waals surface area contributed by atoms with Gasteiger partial charge < -0.3 is 4.52 Å². The Labute approximate surface area is 131 Å². The number of hydrogen-bond acceptors (Lipinski definition) is 3. The van der Waals surface area contributed by atoms with Crippen molar-refractivity contribution in [3.8, 4) is 11.4 Å². The van der Waals surface area contributed by atoms with Crippen molar-refractivity contribution in [2.75, 3.05) is 0 Å². The van der Waals surface area contributed by atoms with Gasteiger partial charge in [-0.3, -0.25) is 0 Å². The molecule has 5 heteroatoms. The lowest BCUT2D eigenvalue weighted by molar-refractivity contribution is 0.410. The minimum absolute atomic E-state index is 0.260. The maximum Gasteiger partial charge on any atom is 0.269 e. The van der Waals surface area contributed by atoms with E-state index in [4.69, 9.17) is 27.7 Å². The molecule has 0 unspecified atom stereocenters. The molecule has 3 nitrogen and oxygen atoms in total. The maximum atomic E-state index is 6.21. The van der Waals surface area contributed by atoms with Crippen LogP contribution in [0.3, 0.4) is 0 Å². The lowest BCUT2D eigenvalue weighted by Crippen LogP contribution is -1.82. The zero-order valence-corrected chi connectivity index (χ0v) is 12.3. The number of rotatable bonds is 3. The van der Waals surface area contributed by atoms with Crippen molar-refractivity contribution < 1.29 is 4.52 Å². The quantitative estimate of drug-likeness (QED) is 0.672. The van der Waals surface area contributed by atoms with Crippen LogP contribution in [0, 0.1) is 0 Å². The van der Waals surface area contributed by atoms with Gasteiger partial charge in [-0.25, -0.2) is 0 Å². The van der Waals surface area contributed by atoms with E-state index in [2.05, 4.69) is 10.1 Å². The van der Waals surface area contributed by atoms with Crippen LogP contribution >= 0.6 is 23.2 Å². The Morgan fingerprint density at radius 2 is 1.71 bits per heavy atom. The first kappa shape index (κ1) is 13.9. The van der Waals surface area contributed by atoms with Crippen molar-refractivity contribution in [1.29, 1.82) is 0 Å². The first-order chi connectivity index (χ1) is 10.2. The molecule has 0 N–H and O–H groups in total. The molecule has 0 amide bonds. The predicted octanol–water partition coefficient (Wildman–Crippen LogP) is 5.13. The van der Waals surface area contributed by atoms with Crippen LogP contribution in [0.15, 0.2) is 59.1 Å². The Bertz CT molecular complexity index is 782. The summed E-state index contributed by atoms with van der Waals surface area (Å²) in [5.41, 5.74) is 1.67. The molecule has 0 fully saturated rings. The topological polar surface area (TPSA) is 38.9 Å². The van der Waals surface area contributed by atoms with Crippen molar-refractivity contribution in [3.05, 3.63) is 71.1 Å². The van der Waals surface area contributed by atoms with Gasteiger partial charge in [-0.15, -0.1) is 0 Å². The number of hydrogen-bond donors (Lipinski definition) is 0. The van der Waals surface area contributed by atoms with Crippen LogP contribution in [0.5, 0.6) is 0 Å². The van der Waals surface area contributed by atoms with E-state index < -0.39 is 0 Å². The third kappa shape index (κ3) is 3.15. The first-order valence-corrected chi connectivity index (χ1v) is 7.01. The average molecular weight is 317 g/mol. The smallest absolute Gasteiger partial charge is 0.269 e. The van der Waals surface area contributed by atoms with Crippen molar-refractivity contribution >= 4 is 34.3 Å². The molecule has 1 heterocycles. The molecule has 0 radical (unpaired) electrons. The Morgan fingerprint density at radius 3 is 2.48 bits per heavy atom. The van der Waals surface area contributed by atoms with Gasteiger partial charge in [0.1, 0.15) is 5.03 Å². The molecule has 3 rings (SSSR count). The van der Waals surface area contributed by atoms with Gasteiger partial charge in [-0.2, -0.15) is 4.98 Å². The Morgan fingerprint density at radius 1 is 1.00 bits per heavy atom. The van der Waals surface area contributed by atoms with Crippen molar-refractivity contribution in [2.45, 2.75) is 0 Å². The molecule has 0 saturated heterocycles. The number of nitrogens with zero attached hydrogens (tertiary/aromatic N) is 2. The molecule has 0 aliphatic rings. The Balaban J connectivity index is 1.92. The standard InChI is InChI=1S/C16H10Cl2N2O/c17-13-9-5-4-8-12(13)15-19-16(21-20-15)14(18)10-11-6-2-1-3-7-11/h1-10H/b14-10-. The summed E-state index contributed by atoms with van der Waals surface area (Å²) >= 11 is 12.3. The summed E-state index contributed by atoms with van der Waals surface area (Å²) in [6, 6.07) is 17.0. The van der Waals surface area contributed by atoms with Gasteiger partial charge in [0.05, 0.1) is 5.02 Å². The second kappa shape index (κ2) is 6.12. The molecule has 21 heavy (non-hydrogen) atoms. The second-order valence-corrected chi connectivity index (χ2v) is 5.12. The molecule has 104 valence electrons. The Hall–Kier alpha value is -2.10. The second-order valence-electron chi connectivity index (χ2n) is 4.31. The normalized spacial score (nSPS) is 11.6. The van der Waals surface area contributed by atoms with Crippen LogP contribution < -0.4 is 0 Å². The van der Waals surface area contributed by atoms with Crippen LogP contribution in [-0.4, -0.2) is 10.1 Å². The van der Waals surface area contributed by atoms with E-state index in [1.807, 2.05) is 48.5 Å². The molecule has 0 aliphatic heterocycles. The van der Waals surface area contributed by atoms with Crippen LogP contribution in [-0.2, 0) is 0 Å². The predicted molar refractivity (Wildman–Crippen MR) is 84.9 cm³/mol. The van der Waals surface area contributed by atoms with E-state index >= 15 is 0 Å². The van der Waals surface area contributed by atoms with Gasteiger partial charge in [0, 0.05) is 5.56 Å². The van der Waals surface area contributed by atoms with E-state index in [1.54, 1.807) is 12.1 Å². The summed E-state index contributed by atoms with van der Waals surface area (Å²) in [7, 11) is 0. The minimum atomic E-state index is 0.260. The summed E-state index contributed by atoms with van der Waals surface area (Å²) < 4.78 is 5.19. The summed E-state index contributed by atoms with van der Waals surface area (Å²) in [5, 5.41) is 4.86. The highest BCUT2D eigenvalue weighted by atomic mass is 35.5. The molecular formula is C16H10Cl2N2O. The molecule has 0 aliphatic carbocycles. The first-order valence-electron chi connectivity index (χ1n) is 6.25. The van der Waals surface area contributed by atoms with Gasteiger partial charge in [0.2, 0.25) is 5.82 Å². The van der Waals surface area contributed by atoms with Crippen LogP contribution in [0.1, 0.15) is 11.5 Å². The molecule has 0 atom stereocenters. The molecule has 3 aromatic rings. The van der Waals surface area contributed by atoms with Crippen LogP contribution in [0.2, 0.25) is 5.02 Å². The third-order valence-corrected chi connectivity index (χ3v) is 3.44. The van der Waals surface area contributed by atoms with Gasteiger partial charge >= 0.3 is 0 Å². The highest BCUT2D eigenvalue weighted by Gasteiger charge is 2.13. The fourth-order valence-electron chi connectivity index (χ4n) is 1.83. The molecule has 2 aromatic carbocycles. The zero-order valence-electron chi connectivity index (χ0n) is 10.8. The zero-order chi connectivity index (χ0) is 14.7. The monoisotopic (exact) mass is 316 g/mol. The summed E-state index contributed by atoms with van der Waals surface area (Å²) in [4.78, 5) is 4.27. The highest BCUT2D eigenvalue weighted by molar-refractivity contribution is 6.50. The average Bonchev–Trinajstić information content (AvgIpc) is 2.98. The summed E-state index contributed by atoms with van der Waals surface area (Å²) in [6.45, 7) is 0. The molecule has 0 spiro atoms. The molecule has 0 bridgehead atoms. The van der Waals surface area contributed by atoms with E-state index in [1.165, 1.54) is 0 Å². The maximum absolute atomic E-state index is 6.21. The number of aromatic nitrogens is 2. The third-order valence-electron chi connectivity index (χ3n) is 2.84. The Kier molecular flexibility index (Phi) is 4.04. The summed E-state index contributed by atoms with van der Waals surface area (Å²) in [5.74, 6) is 0.672. The van der Waals surface area contributed by atoms with E-state index in [0.717, 1.165) is 5.56 Å². The van der Waals surface area contributed by atoms with Crippen molar-refractivity contribution in [1.82, 2.24) is 10.1 Å². The lowest BCUT2D eigenvalue weighted by Gasteiger charge is -1.96. The van der Waals surface area contributed by atoms with Crippen LogP contribution in [0.25, 0.3) is 22.5 Å².